The molecule has 0 spiro atoms. The van der Waals surface area contributed by atoms with E-state index >= 15 is 0 Å². The Kier molecular flexibility index (Phi) is 7.29. The van der Waals surface area contributed by atoms with Crippen LogP contribution in [0.3, 0.4) is 0 Å². The smallest absolute Gasteiger partial charge is 0.416 e. The summed E-state index contributed by atoms with van der Waals surface area (Å²) in [6, 6.07) is 13.6. The van der Waals surface area contributed by atoms with Crippen molar-refractivity contribution in [2.24, 2.45) is 0 Å². The van der Waals surface area contributed by atoms with Crippen LogP contribution in [0.2, 0.25) is 0 Å². The van der Waals surface area contributed by atoms with Crippen LogP contribution in [-0.4, -0.2) is 23.7 Å². The summed E-state index contributed by atoms with van der Waals surface area (Å²) in [5.41, 5.74) is -0.619. The summed E-state index contributed by atoms with van der Waals surface area (Å²) in [6.07, 6.45) is -5.36. The molecule has 1 N–H and O–H groups in total. The molecule has 0 unspecified atom stereocenters. The highest BCUT2D eigenvalue weighted by atomic mass is 32.2. The highest BCUT2D eigenvalue weighted by molar-refractivity contribution is 7.99. The van der Waals surface area contributed by atoms with Gasteiger partial charge in [-0.05, 0) is 43.3 Å². The molecule has 0 heterocycles. The van der Waals surface area contributed by atoms with Gasteiger partial charge in [0.1, 0.15) is 0 Å². The van der Waals surface area contributed by atoms with Crippen molar-refractivity contribution in [3.8, 4) is 0 Å². The number of alkyl halides is 3. The number of esters is 1. The Hall–Kier alpha value is -2.48. The number of rotatable bonds is 7. The van der Waals surface area contributed by atoms with E-state index in [9.17, 15) is 22.8 Å². The van der Waals surface area contributed by atoms with Crippen molar-refractivity contribution < 1.29 is 27.5 Å². The molecule has 2 rings (SSSR count). The lowest BCUT2D eigenvalue weighted by molar-refractivity contribution is -0.152. The second kappa shape index (κ2) is 9.45. The Morgan fingerprint density at radius 2 is 1.70 bits per heavy atom. The summed E-state index contributed by atoms with van der Waals surface area (Å²) >= 11 is 1.50. The minimum Gasteiger partial charge on any atom is -0.453 e. The number of hydrogen-bond acceptors (Lipinski definition) is 4. The second-order valence-corrected chi connectivity index (χ2v) is 6.78. The van der Waals surface area contributed by atoms with Crippen LogP contribution in [0.4, 0.5) is 18.9 Å². The highest BCUT2D eigenvalue weighted by Crippen LogP contribution is 2.29. The molecular weight excluding hydrogens is 379 g/mol. The summed E-state index contributed by atoms with van der Waals surface area (Å²) in [5.74, 6) is -0.622. The maximum absolute atomic E-state index is 12.5. The fourth-order valence-electron chi connectivity index (χ4n) is 2.06. The van der Waals surface area contributed by atoms with Gasteiger partial charge in [-0.15, -0.1) is 11.8 Å². The molecule has 0 aliphatic carbocycles. The average molecular weight is 397 g/mol. The molecule has 27 heavy (non-hydrogen) atoms. The van der Waals surface area contributed by atoms with Crippen molar-refractivity contribution in [2.45, 2.75) is 30.5 Å². The van der Waals surface area contributed by atoms with E-state index < -0.39 is 29.7 Å². The molecular formula is C19H18F3NO3S. The maximum atomic E-state index is 12.5. The highest BCUT2D eigenvalue weighted by Gasteiger charge is 2.30. The lowest BCUT2D eigenvalue weighted by Crippen LogP contribution is -2.30. The molecule has 0 aliphatic rings. The van der Waals surface area contributed by atoms with Gasteiger partial charge in [-0.1, -0.05) is 18.2 Å². The van der Waals surface area contributed by atoms with Crippen LogP contribution in [-0.2, 0) is 20.5 Å². The summed E-state index contributed by atoms with van der Waals surface area (Å²) in [4.78, 5) is 24.9. The molecule has 1 atom stereocenters. The Labute approximate surface area is 159 Å². The number of carbonyl (C=O) groups is 2. The van der Waals surface area contributed by atoms with E-state index in [-0.39, 0.29) is 12.1 Å². The SMILES string of the molecule is C[C@@H](OC(=O)CCSc1ccccc1)C(=O)Nc1ccc(C(F)(F)F)cc1. The second-order valence-electron chi connectivity index (χ2n) is 5.61. The first-order chi connectivity index (χ1) is 12.8. The molecule has 0 aliphatic heterocycles. The Balaban J connectivity index is 1.76. The van der Waals surface area contributed by atoms with E-state index in [0.29, 0.717) is 5.75 Å². The van der Waals surface area contributed by atoms with Crippen molar-refractivity contribution in [2.75, 3.05) is 11.1 Å². The zero-order valence-electron chi connectivity index (χ0n) is 14.5. The summed E-state index contributed by atoms with van der Waals surface area (Å²) < 4.78 is 42.6. The fraction of sp³-hybridized carbons (Fsp3) is 0.263. The van der Waals surface area contributed by atoms with E-state index in [0.717, 1.165) is 29.2 Å². The van der Waals surface area contributed by atoms with Crippen molar-refractivity contribution in [1.29, 1.82) is 0 Å². The molecule has 0 saturated carbocycles. The third-order valence-electron chi connectivity index (χ3n) is 3.48. The molecule has 1 amide bonds. The van der Waals surface area contributed by atoms with Crippen LogP contribution in [0.25, 0.3) is 0 Å². The number of nitrogens with one attached hydrogen (secondary N) is 1. The molecule has 0 aromatic heterocycles. The van der Waals surface area contributed by atoms with Gasteiger partial charge in [0.15, 0.2) is 6.10 Å². The van der Waals surface area contributed by atoms with Crippen LogP contribution >= 0.6 is 11.8 Å². The molecule has 0 fully saturated rings. The van der Waals surface area contributed by atoms with Crippen molar-refractivity contribution in [3.05, 3.63) is 60.2 Å². The van der Waals surface area contributed by atoms with Gasteiger partial charge in [-0.25, -0.2) is 0 Å². The molecule has 2 aromatic rings. The van der Waals surface area contributed by atoms with Crippen molar-refractivity contribution in [3.63, 3.8) is 0 Å². The molecule has 2 aromatic carbocycles. The minimum atomic E-state index is -4.44. The molecule has 144 valence electrons. The number of carbonyl (C=O) groups excluding carboxylic acids is 2. The number of hydrogen-bond donors (Lipinski definition) is 1. The quantitative estimate of drug-likeness (QED) is 0.541. The first-order valence-corrected chi connectivity index (χ1v) is 9.10. The summed E-state index contributed by atoms with van der Waals surface area (Å²) in [5, 5.41) is 2.42. The van der Waals surface area contributed by atoms with Crippen LogP contribution in [0, 0.1) is 0 Å². The van der Waals surface area contributed by atoms with Crippen LogP contribution < -0.4 is 5.32 Å². The van der Waals surface area contributed by atoms with Gasteiger partial charge in [0.25, 0.3) is 5.91 Å². The molecule has 8 heteroatoms. The van der Waals surface area contributed by atoms with E-state index in [2.05, 4.69) is 5.32 Å². The van der Waals surface area contributed by atoms with Gasteiger partial charge in [-0.3, -0.25) is 9.59 Å². The number of amides is 1. The molecule has 0 saturated heterocycles. The third kappa shape index (κ3) is 6.97. The predicted molar refractivity (Wildman–Crippen MR) is 97.4 cm³/mol. The van der Waals surface area contributed by atoms with Gasteiger partial charge in [-0.2, -0.15) is 13.2 Å². The number of benzene rings is 2. The van der Waals surface area contributed by atoms with Crippen LogP contribution in [0.1, 0.15) is 18.9 Å². The maximum Gasteiger partial charge on any atom is 0.416 e. The lowest BCUT2D eigenvalue weighted by atomic mass is 10.2. The van der Waals surface area contributed by atoms with Gasteiger partial charge >= 0.3 is 12.1 Å². The molecule has 0 radical (unpaired) electrons. The molecule has 0 bridgehead atoms. The lowest BCUT2D eigenvalue weighted by Gasteiger charge is -2.14. The first kappa shape index (κ1) is 20.8. The topological polar surface area (TPSA) is 55.4 Å². The van der Waals surface area contributed by atoms with Crippen LogP contribution in [0.5, 0.6) is 0 Å². The monoisotopic (exact) mass is 397 g/mol. The zero-order chi connectivity index (χ0) is 19.9. The Morgan fingerprint density at radius 3 is 2.30 bits per heavy atom. The zero-order valence-corrected chi connectivity index (χ0v) is 15.3. The Morgan fingerprint density at radius 1 is 1.07 bits per heavy atom. The Bertz CT molecular complexity index is 764. The van der Waals surface area contributed by atoms with Crippen LogP contribution in [0.15, 0.2) is 59.5 Å². The van der Waals surface area contributed by atoms with E-state index in [1.807, 2.05) is 30.3 Å². The van der Waals surface area contributed by atoms with Gasteiger partial charge < -0.3 is 10.1 Å². The fourth-order valence-corrected chi connectivity index (χ4v) is 2.92. The van der Waals surface area contributed by atoms with E-state index in [1.165, 1.54) is 18.7 Å². The number of thioether (sulfide) groups is 1. The standard InChI is InChI=1S/C19H18F3NO3S/c1-13(26-17(24)11-12-27-16-5-3-2-4-6-16)18(25)23-15-9-7-14(8-10-15)19(20,21)22/h2-10,13H,11-12H2,1H3,(H,23,25)/t13-/m1/s1. The summed E-state index contributed by atoms with van der Waals surface area (Å²) in [7, 11) is 0. The third-order valence-corrected chi connectivity index (χ3v) is 4.49. The van der Waals surface area contributed by atoms with Crippen molar-refractivity contribution >= 4 is 29.3 Å². The molecule has 4 nitrogen and oxygen atoms in total. The first-order valence-electron chi connectivity index (χ1n) is 8.11. The number of ether oxygens (including phenoxy) is 1. The predicted octanol–water partition coefficient (Wildman–Crippen LogP) is 4.76. The minimum absolute atomic E-state index is 0.136. The van der Waals surface area contributed by atoms with Gasteiger partial charge in [0.2, 0.25) is 0 Å². The number of anilines is 1. The summed E-state index contributed by atoms with van der Waals surface area (Å²) in [6.45, 7) is 1.40. The number of halogens is 3. The average Bonchev–Trinajstić information content (AvgIpc) is 2.62. The normalized spacial score (nSPS) is 12.3. The van der Waals surface area contributed by atoms with E-state index in [1.54, 1.807) is 0 Å². The van der Waals surface area contributed by atoms with E-state index in [4.69, 9.17) is 4.74 Å². The van der Waals surface area contributed by atoms with Gasteiger partial charge in [0, 0.05) is 16.3 Å². The largest absolute Gasteiger partial charge is 0.453 e. The van der Waals surface area contributed by atoms with Crippen molar-refractivity contribution in [1.82, 2.24) is 0 Å². The van der Waals surface area contributed by atoms with Gasteiger partial charge in [0.05, 0.1) is 12.0 Å².